The van der Waals surface area contributed by atoms with Crippen LogP contribution in [-0.2, 0) is 11.2 Å². The Kier molecular flexibility index (Phi) is 2.65. The summed E-state index contributed by atoms with van der Waals surface area (Å²) in [4.78, 5) is 16.3. The van der Waals surface area contributed by atoms with Crippen molar-refractivity contribution in [3.05, 3.63) is 60.2 Å². The van der Waals surface area contributed by atoms with Gasteiger partial charge in [0.1, 0.15) is 5.71 Å². The van der Waals surface area contributed by atoms with Gasteiger partial charge in [0.05, 0.1) is 5.69 Å². The molecule has 0 fully saturated rings. The number of benzene rings is 2. The molecule has 1 amide bonds. The van der Waals surface area contributed by atoms with Gasteiger partial charge in [-0.3, -0.25) is 4.79 Å². The van der Waals surface area contributed by atoms with Crippen molar-refractivity contribution in [2.75, 3.05) is 5.32 Å². The van der Waals surface area contributed by atoms with E-state index in [-0.39, 0.29) is 5.91 Å². The summed E-state index contributed by atoms with van der Waals surface area (Å²) in [5.41, 5.74) is 3.35. The molecule has 3 rings (SSSR count). The molecular weight excluding hydrogens is 224 g/mol. The zero-order valence-corrected chi connectivity index (χ0v) is 9.76. The Hall–Kier alpha value is -2.42. The van der Waals surface area contributed by atoms with Crippen LogP contribution in [0.3, 0.4) is 0 Å². The van der Waals surface area contributed by atoms with E-state index >= 15 is 0 Å². The fourth-order valence-corrected chi connectivity index (χ4v) is 2.00. The summed E-state index contributed by atoms with van der Waals surface area (Å²) in [6.45, 7) is 0. The predicted octanol–water partition coefficient (Wildman–Crippen LogP) is 2.95. The first-order valence-corrected chi connectivity index (χ1v) is 5.85. The Bertz CT molecular complexity index is 617. The average Bonchev–Trinajstić information content (AvgIpc) is 2.41. The Morgan fingerprint density at radius 3 is 2.50 bits per heavy atom. The Labute approximate surface area is 105 Å². The van der Waals surface area contributed by atoms with Crippen LogP contribution >= 0.6 is 0 Å². The smallest absolute Gasteiger partial charge is 0.270 e. The van der Waals surface area contributed by atoms with Crippen LogP contribution in [0.2, 0.25) is 0 Å². The minimum atomic E-state index is -0.113. The Morgan fingerprint density at radius 1 is 0.944 bits per heavy atom. The summed E-state index contributed by atoms with van der Waals surface area (Å²) in [6, 6.07) is 17.3. The molecular formula is C15H12N2O. The van der Waals surface area contributed by atoms with Crippen molar-refractivity contribution in [1.82, 2.24) is 0 Å². The molecule has 0 atom stereocenters. The van der Waals surface area contributed by atoms with Gasteiger partial charge in [0, 0.05) is 12.1 Å². The predicted molar refractivity (Wildman–Crippen MR) is 72.3 cm³/mol. The molecule has 3 nitrogen and oxygen atoms in total. The van der Waals surface area contributed by atoms with E-state index < -0.39 is 0 Å². The van der Waals surface area contributed by atoms with Crippen LogP contribution in [0.25, 0.3) is 0 Å². The zero-order chi connectivity index (χ0) is 12.4. The van der Waals surface area contributed by atoms with Crippen molar-refractivity contribution in [3.8, 4) is 0 Å². The maximum Gasteiger partial charge on any atom is 0.270 e. The molecule has 3 heteroatoms. The highest BCUT2D eigenvalue weighted by molar-refractivity contribution is 6.45. The zero-order valence-electron chi connectivity index (χ0n) is 9.76. The van der Waals surface area contributed by atoms with Crippen LogP contribution in [0.1, 0.15) is 5.56 Å². The standard InChI is InChI=1S/C15H12N2O/c18-15-14(16-12-7-2-1-3-8-12)10-11-6-4-5-9-13(11)17-15/h1-9H,10H2,(H,17,18). The molecule has 2 aromatic rings. The number of rotatable bonds is 1. The molecule has 1 aliphatic rings. The summed E-state index contributed by atoms with van der Waals surface area (Å²) < 4.78 is 0. The van der Waals surface area contributed by atoms with E-state index in [1.54, 1.807) is 0 Å². The molecule has 0 bridgehead atoms. The van der Waals surface area contributed by atoms with Gasteiger partial charge >= 0.3 is 0 Å². The Balaban J connectivity index is 1.96. The molecule has 0 radical (unpaired) electrons. The summed E-state index contributed by atoms with van der Waals surface area (Å²) in [5.74, 6) is -0.113. The van der Waals surface area contributed by atoms with Gasteiger partial charge in [-0.2, -0.15) is 0 Å². The first-order chi connectivity index (χ1) is 8.83. The lowest BCUT2D eigenvalue weighted by molar-refractivity contribution is -0.110. The van der Waals surface area contributed by atoms with Crippen molar-refractivity contribution < 1.29 is 4.79 Å². The lowest BCUT2D eigenvalue weighted by Gasteiger charge is -2.17. The number of nitrogens with one attached hydrogen (secondary N) is 1. The number of carbonyl (C=O) groups excluding carboxylic acids is 1. The van der Waals surface area contributed by atoms with E-state index in [0.717, 1.165) is 16.9 Å². The number of nitrogens with zero attached hydrogens (tertiary/aromatic N) is 1. The van der Waals surface area contributed by atoms with Crippen molar-refractivity contribution in [3.63, 3.8) is 0 Å². The van der Waals surface area contributed by atoms with Gasteiger partial charge in [-0.15, -0.1) is 0 Å². The van der Waals surface area contributed by atoms with E-state index in [9.17, 15) is 4.79 Å². The number of aliphatic imine (C=N–C) groups is 1. The maximum atomic E-state index is 11.9. The highest BCUT2D eigenvalue weighted by Gasteiger charge is 2.20. The second-order valence-electron chi connectivity index (χ2n) is 4.18. The van der Waals surface area contributed by atoms with Gasteiger partial charge < -0.3 is 5.32 Å². The monoisotopic (exact) mass is 236 g/mol. The van der Waals surface area contributed by atoms with E-state index in [4.69, 9.17) is 0 Å². The minimum absolute atomic E-state index is 0.113. The molecule has 1 heterocycles. The van der Waals surface area contributed by atoms with Crippen molar-refractivity contribution in [2.24, 2.45) is 4.99 Å². The molecule has 2 aromatic carbocycles. The van der Waals surface area contributed by atoms with Gasteiger partial charge in [0.15, 0.2) is 0 Å². The number of para-hydroxylation sites is 2. The third-order valence-corrected chi connectivity index (χ3v) is 2.91. The van der Waals surface area contributed by atoms with Crippen LogP contribution < -0.4 is 5.32 Å². The Morgan fingerprint density at radius 2 is 1.67 bits per heavy atom. The van der Waals surface area contributed by atoms with Crippen LogP contribution in [0.4, 0.5) is 11.4 Å². The van der Waals surface area contributed by atoms with E-state index in [1.165, 1.54) is 0 Å². The van der Waals surface area contributed by atoms with Gasteiger partial charge in [-0.1, -0.05) is 36.4 Å². The minimum Gasteiger partial charge on any atom is -0.321 e. The molecule has 0 saturated heterocycles. The first kappa shape index (κ1) is 10.7. The summed E-state index contributed by atoms with van der Waals surface area (Å²) >= 11 is 0. The summed E-state index contributed by atoms with van der Waals surface area (Å²) in [7, 11) is 0. The molecule has 1 N–H and O–H groups in total. The fraction of sp³-hybridized carbons (Fsp3) is 0.0667. The number of carbonyl (C=O) groups is 1. The molecule has 88 valence electrons. The van der Waals surface area contributed by atoms with Crippen LogP contribution in [0.15, 0.2) is 59.6 Å². The average molecular weight is 236 g/mol. The number of hydrogen-bond acceptors (Lipinski definition) is 2. The highest BCUT2D eigenvalue weighted by Crippen LogP contribution is 2.22. The van der Waals surface area contributed by atoms with Crippen molar-refractivity contribution in [2.45, 2.75) is 6.42 Å². The first-order valence-electron chi connectivity index (χ1n) is 5.85. The second kappa shape index (κ2) is 4.45. The molecule has 1 aliphatic heterocycles. The lowest BCUT2D eigenvalue weighted by atomic mass is 10.0. The van der Waals surface area contributed by atoms with Gasteiger partial charge in [0.25, 0.3) is 5.91 Å². The SMILES string of the molecule is O=C1Nc2ccccc2CC1=Nc1ccccc1. The fourth-order valence-electron chi connectivity index (χ4n) is 2.00. The van der Waals surface area contributed by atoms with Gasteiger partial charge in [-0.25, -0.2) is 4.99 Å². The van der Waals surface area contributed by atoms with Crippen molar-refractivity contribution in [1.29, 1.82) is 0 Å². The molecule has 0 aliphatic carbocycles. The number of hydrogen-bond donors (Lipinski definition) is 1. The van der Waals surface area contributed by atoms with Gasteiger partial charge in [0.2, 0.25) is 0 Å². The molecule has 0 saturated carbocycles. The second-order valence-corrected chi connectivity index (χ2v) is 4.18. The number of amides is 1. The lowest BCUT2D eigenvalue weighted by Crippen LogP contribution is -2.29. The quantitative estimate of drug-likeness (QED) is 0.812. The highest BCUT2D eigenvalue weighted by atomic mass is 16.1. The molecule has 0 spiro atoms. The third kappa shape index (κ3) is 2.02. The van der Waals surface area contributed by atoms with E-state index in [0.29, 0.717) is 12.1 Å². The number of anilines is 1. The molecule has 0 aromatic heterocycles. The summed E-state index contributed by atoms with van der Waals surface area (Å²) in [5, 5.41) is 2.86. The maximum absolute atomic E-state index is 11.9. The van der Waals surface area contributed by atoms with E-state index in [2.05, 4.69) is 10.3 Å². The van der Waals surface area contributed by atoms with Crippen LogP contribution in [-0.4, -0.2) is 11.6 Å². The van der Waals surface area contributed by atoms with Crippen molar-refractivity contribution >= 4 is 23.0 Å². The van der Waals surface area contributed by atoms with Crippen LogP contribution in [0.5, 0.6) is 0 Å². The third-order valence-electron chi connectivity index (χ3n) is 2.91. The molecule has 18 heavy (non-hydrogen) atoms. The summed E-state index contributed by atoms with van der Waals surface area (Å²) in [6.07, 6.45) is 0.580. The van der Waals surface area contributed by atoms with E-state index in [1.807, 2.05) is 54.6 Å². The normalized spacial score (nSPS) is 16.2. The van der Waals surface area contributed by atoms with Crippen LogP contribution in [0, 0.1) is 0 Å². The number of fused-ring (bicyclic) bond motifs is 1. The van der Waals surface area contributed by atoms with Gasteiger partial charge in [-0.05, 0) is 23.8 Å². The largest absolute Gasteiger partial charge is 0.321 e. The molecule has 0 unspecified atom stereocenters. The topological polar surface area (TPSA) is 41.5 Å².